The van der Waals surface area contributed by atoms with Crippen LogP contribution >= 0.6 is 0 Å². The minimum Gasteiger partial charge on any atom is -0.377 e. The van der Waals surface area contributed by atoms with Crippen LogP contribution in [0.5, 0.6) is 0 Å². The van der Waals surface area contributed by atoms with Gasteiger partial charge >= 0.3 is 0 Å². The Balaban J connectivity index is 2.19. The molecule has 0 amide bonds. The average molecular weight is 236 g/mol. The summed E-state index contributed by atoms with van der Waals surface area (Å²) in [6.07, 6.45) is 6.85. The molecule has 1 heterocycles. The summed E-state index contributed by atoms with van der Waals surface area (Å²) < 4.78 is 5.64. The quantitative estimate of drug-likeness (QED) is 0.665. The van der Waals surface area contributed by atoms with Crippen LogP contribution in [0.1, 0.15) is 45.1 Å². The molecule has 1 N–H and O–H groups in total. The third-order valence-corrected chi connectivity index (χ3v) is 2.59. The van der Waals surface area contributed by atoms with E-state index in [1.807, 2.05) is 12.3 Å². The molecule has 0 radical (unpaired) electrons. The van der Waals surface area contributed by atoms with Gasteiger partial charge in [0.1, 0.15) is 5.82 Å². The summed E-state index contributed by atoms with van der Waals surface area (Å²) in [4.78, 5) is 4.23. The van der Waals surface area contributed by atoms with Gasteiger partial charge in [0.05, 0.1) is 6.61 Å². The fourth-order valence-electron chi connectivity index (χ4n) is 1.66. The SMILES string of the molecule is CCCCCCOCc1ccnc(NCC)c1. The Morgan fingerprint density at radius 1 is 1.24 bits per heavy atom. The molecule has 0 atom stereocenters. The van der Waals surface area contributed by atoms with Crippen LogP contribution in [0.25, 0.3) is 0 Å². The Kier molecular flexibility index (Phi) is 7.39. The second kappa shape index (κ2) is 8.99. The molecule has 0 unspecified atom stereocenters. The van der Waals surface area contributed by atoms with Crippen molar-refractivity contribution in [2.45, 2.75) is 46.1 Å². The molecule has 1 aromatic rings. The van der Waals surface area contributed by atoms with Gasteiger partial charge in [0, 0.05) is 19.3 Å². The first-order valence-electron chi connectivity index (χ1n) is 6.63. The zero-order valence-corrected chi connectivity index (χ0v) is 11.0. The van der Waals surface area contributed by atoms with E-state index in [1.54, 1.807) is 0 Å². The third-order valence-electron chi connectivity index (χ3n) is 2.59. The summed E-state index contributed by atoms with van der Waals surface area (Å²) in [5.41, 5.74) is 1.19. The van der Waals surface area contributed by atoms with Gasteiger partial charge in [-0.25, -0.2) is 4.98 Å². The van der Waals surface area contributed by atoms with Crippen molar-refractivity contribution < 1.29 is 4.74 Å². The fourth-order valence-corrected chi connectivity index (χ4v) is 1.66. The maximum Gasteiger partial charge on any atom is 0.126 e. The van der Waals surface area contributed by atoms with E-state index in [1.165, 1.54) is 31.2 Å². The Morgan fingerprint density at radius 2 is 2.12 bits per heavy atom. The predicted molar refractivity (Wildman–Crippen MR) is 72.2 cm³/mol. The summed E-state index contributed by atoms with van der Waals surface area (Å²) in [5.74, 6) is 0.930. The molecule has 0 bridgehead atoms. The Labute approximate surface area is 105 Å². The Hall–Kier alpha value is -1.09. The van der Waals surface area contributed by atoms with E-state index in [0.717, 1.165) is 19.0 Å². The minimum absolute atomic E-state index is 0.688. The molecule has 0 spiro atoms. The van der Waals surface area contributed by atoms with Crippen LogP contribution < -0.4 is 5.32 Å². The van der Waals surface area contributed by atoms with E-state index in [4.69, 9.17) is 4.74 Å². The van der Waals surface area contributed by atoms with E-state index < -0.39 is 0 Å². The highest BCUT2D eigenvalue weighted by molar-refractivity contribution is 5.36. The molecule has 1 rings (SSSR count). The van der Waals surface area contributed by atoms with Gasteiger partial charge in [0.15, 0.2) is 0 Å². The molecule has 0 saturated heterocycles. The van der Waals surface area contributed by atoms with Crippen molar-refractivity contribution in [1.82, 2.24) is 4.98 Å². The number of unbranched alkanes of at least 4 members (excludes halogenated alkanes) is 3. The van der Waals surface area contributed by atoms with E-state index in [-0.39, 0.29) is 0 Å². The number of hydrogen-bond acceptors (Lipinski definition) is 3. The van der Waals surface area contributed by atoms with Crippen molar-refractivity contribution in [2.24, 2.45) is 0 Å². The molecule has 3 nitrogen and oxygen atoms in total. The number of hydrogen-bond donors (Lipinski definition) is 1. The van der Waals surface area contributed by atoms with E-state index in [9.17, 15) is 0 Å². The largest absolute Gasteiger partial charge is 0.377 e. The van der Waals surface area contributed by atoms with Gasteiger partial charge in [-0.1, -0.05) is 26.2 Å². The molecule has 96 valence electrons. The van der Waals surface area contributed by atoms with Gasteiger partial charge < -0.3 is 10.1 Å². The van der Waals surface area contributed by atoms with Gasteiger partial charge in [0.2, 0.25) is 0 Å². The summed E-state index contributed by atoms with van der Waals surface area (Å²) >= 11 is 0. The van der Waals surface area contributed by atoms with Crippen molar-refractivity contribution in [3.05, 3.63) is 23.9 Å². The second-order valence-electron chi connectivity index (χ2n) is 4.19. The van der Waals surface area contributed by atoms with Crippen LogP contribution in [0, 0.1) is 0 Å². The summed E-state index contributed by atoms with van der Waals surface area (Å²) in [5, 5.41) is 3.20. The molecular weight excluding hydrogens is 212 g/mol. The molecule has 0 aliphatic rings. The van der Waals surface area contributed by atoms with Crippen molar-refractivity contribution in [1.29, 1.82) is 0 Å². The lowest BCUT2D eigenvalue weighted by molar-refractivity contribution is 0.117. The maximum atomic E-state index is 5.64. The number of pyridine rings is 1. The Bertz CT molecular complexity index is 302. The number of nitrogens with zero attached hydrogens (tertiary/aromatic N) is 1. The van der Waals surface area contributed by atoms with Gasteiger partial charge in [-0.05, 0) is 31.0 Å². The van der Waals surface area contributed by atoms with Crippen LogP contribution in [0.3, 0.4) is 0 Å². The van der Waals surface area contributed by atoms with Crippen molar-refractivity contribution in [2.75, 3.05) is 18.5 Å². The summed E-state index contributed by atoms with van der Waals surface area (Å²) in [6.45, 7) is 6.74. The van der Waals surface area contributed by atoms with Crippen molar-refractivity contribution in [3.63, 3.8) is 0 Å². The number of anilines is 1. The number of nitrogens with one attached hydrogen (secondary N) is 1. The second-order valence-corrected chi connectivity index (χ2v) is 4.19. The lowest BCUT2D eigenvalue weighted by Crippen LogP contribution is -2.01. The lowest BCUT2D eigenvalue weighted by Gasteiger charge is -2.06. The Morgan fingerprint density at radius 3 is 2.88 bits per heavy atom. The monoisotopic (exact) mass is 236 g/mol. The maximum absolute atomic E-state index is 5.64. The predicted octanol–water partition coefficient (Wildman–Crippen LogP) is 3.61. The normalized spacial score (nSPS) is 10.5. The van der Waals surface area contributed by atoms with Gasteiger partial charge in [0.25, 0.3) is 0 Å². The number of rotatable bonds is 9. The first-order chi connectivity index (χ1) is 8.36. The van der Waals surface area contributed by atoms with Gasteiger partial charge in [-0.15, -0.1) is 0 Å². The highest BCUT2D eigenvalue weighted by atomic mass is 16.5. The molecule has 0 aliphatic heterocycles. The van der Waals surface area contributed by atoms with Gasteiger partial charge in [-0.2, -0.15) is 0 Å². The van der Waals surface area contributed by atoms with Gasteiger partial charge in [-0.3, -0.25) is 0 Å². The van der Waals surface area contributed by atoms with Crippen LogP contribution in [0.2, 0.25) is 0 Å². The van der Waals surface area contributed by atoms with Crippen LogP contribution in [-0.2, 0) is 11.3 Å². The van der Waals surface area contributed by atoms with Crippen molar-refractivity contribution in [3.8, 4) is 0 Å². The lowest BCUT2D eigenvalue weighted by atomic mass is 10.2. The van der Waals surface area contributed by atoms with Crippen LogP contribution in [0.4, 0.5) is 5.82 Å². The van der Waals surface area contributed by atoms with Crippen molar-refractivity contribution >= 4 is 5.82 Å². The summed E-state index contributed by atoms with van der Waals surface area (Å²) in [7, 11) is 0. The molecular formula is C14H24N2O. The third kappa shape index (κ3) is 6.27. The van der Waals surface area contributed by atoms with E-state index in [2.05, 4.69) is 30.2 Å². The standard InChI is InChI=1S/C14H24N2O/c1-3-5-6-7-10-17-12-13-8-9-16-14(11-13)15-4-2/h8-9,11H,3-7,10,12H2,1-2H3,(H,15,16). The fraction of sp³-hybridized carbons (Fsp3) is 0.643. The van der Waals surface area contributed by atoms with E-state index in [0.29, 0.717) is 6.61 Å². The highest BCUT2D eigenvalue weighted by Crippen LogP contribution is 2.08. The van der Waals surface area contributed by atoms with Crippen LogP contribution in [0.15, 0.2) is 18.3 Å². The topological polar surface area (TPSA) is 34.1 Å². The van der Waals surface area contributed by atoms with Crippen LogP contribution in [-0.4, -0.2) is 18.1 Å². The molecule has 3 heteroatoms. The van der Waals surface area contributed by atoms with E-state index >= 15 is 0 Å². The minimum atomic E-state index is 0.688. The highest BCUT2D eigenvalue weighted by Gasteiger charge is 1.96. The average Bonchev–Trinajstić information content (AvgIpc) is 2.35. The molecule has 0 saturated carbocycles. The zero-order chi connectivity index (χ0) is 12.3. The smallest absolute Gasteiger partial charge is 0.126 e. The first-order valence-corrected chi connectivity index (χ1v) is 6.63. The molecule has 0 fully saturated rings. The molecule has 17 heavy (non-hydrogen) atoms. The molecule has 0 aromatic carbocycles. The number of aromatic nitrogens is 1. The number of ether oxygens (including phenoxy) is 1. The first kappa shape index (κ1) is 14.0. The zero-order valence-electron chi connectivity index (χ0n) is 11.0. The molecule has 0 aliphatic carbocycles. The summed E-state index contributed by atoms with van der Waals surface area (Å²) in [6, 6.07) is 4.06. The molecule has 1 aromatic heterocycles.